The van der Waals surface area contributed by atoms with Gasteiger partial charge < -0.3 is 4.74 Å². The van der Waals surface area contributed by atoms with E-state index in [9.17, 15) is 13.2 Å². The van der Waals surface area contributed by atoms with Crippen molar-refractivity contribution in [2.24, 2.45) is 0 Å². The molecule has 0 saturated heterocycles. The van der Waals surface area contributed by atoms with E-state index in [1.165, 1.54) is 6.08 Å². The summed E-state index contributed by atoms with van der Waals surface area (Å²) in [6.07, 6.45) is 2.45. The number of hydrogen-bond acceptors (Lipinski definition) is 4. The van der Waals surface area contributed by atoms with E-state index in [4.69, 9.17) is 16.3 Å². The Kier molecular flexibility index (Phi) is 5.77. The zero-order chi connectivity index (χ0) is 15.3. The first-order chi connectivity index (χ1) is 9.31. The lowest BCUT2D eigenvalue weighted by Crippen LogP contribution is -2.36. The molecule has 0 N–H and O–H groups in total. The molecule has 0 aliphatic rings. The molecule has 0 aromatic heterocycles. The highest BCUT2D eigenvalue weighted by Crippen LogP contribution is 2.27. The summed E-state index contributed by atoms with van der Waals surface area (Å²) in [6, 6.07) is 6.62. The summed E-state index contributed by atoms with van der Waals surface area (Å²) in [4.78, 5) is 12.0. The van der Waals surface area contributed by atoms with Gasteiger partial charge in [-0.1, -0.05) is 29.8 Å². The summed E-state index contributed by atoms with van der Waals surface area (Å²) in [5.74, 6) is -1.45. The standard InChI is InChI=1S/C14H17ClO4S/c1-4-12(10-6-8-11(15)9-7-10)13(20(3,17)18)14(16)19-5-2/h4,6-9,12-13H,1,5H2,2-3H3. The summed E-state index contributed by atoms with van der Waals surface area (Å²) in [6.45, 7) is 5.38. The summed E-state index contributed by atoms with van der Waals surface area (Å²) in [7, 11) is -3.63. The molecule has 1 aromatic rings. The number of hydrogen-bond donors (Lipinski definition) is 0. The summed E-state index contributed by atoms with van der Waals surface area (Å²) in [5.41, 5.74) is 0.646. The molecule has 110 valence electrons. The van der Waals surface area contributed by atoms with E-state index in [0.717, 1.165) is 6.26 Å². The van der Waals surface area contributed by atoms with Crippen LogP contribution in [0.3, 0.4) is 0 Å². The van der Waals surface area contributed by atoms with Crippen molar-refractivity contribution in [3.63, 3.8) is 0 Å². The Morgan fingerprint density at radius 2 is 1.95 bits per heavy atom. The first-order valence-electron chi connectivity index (χ1n) is 6.04. The first kappa shape index (κ1) is 16.7. The summed E-state index contributed by atoms with van der Waals surface area (Å²) in [5, 5.41) is -0.773. The van der Waals surface area contributed by atoms with Gasteiger partial charge in [0, 0.05) is 17.2 Å². The number of benzene rings is 1. The van der Waals surface area contributed by atoms with Gasteiger partial charge in [-0.2, -0.15) is 0 Å². The highest BCUT2D eigenvalue weighted by Gasteiger charge is 2.37. The summed E-state index contributed by atoms with van der Waals surface area (Å²) >= 11 is 5.81. The van der Waals surface area contributed by atoms with Gasteiger partial charge in [0.15, 0.2) is 15.1 Å². The predicted octanol–water partition coefficient (Wildman–Crippen LogP) is 2.59. The van der Waals surface area contributed by atoms with Crippen LogP contribution in [0.5, 0.6) is 0 Å². The molecule has 0 fully saturated rings. The fraction of sp³-hybridized carbons (Fsp3) is 0.357. The van der Waals surface area contributed by atoms with Crippen LogP contribution in [-0.4, -0.2) is 32.5 Å². The lowest BCUT2D eigenvalue weighted by atomic mass is 9.95. The molecule has 0 aliphatic heterocycles. The number of rotatable bonds is 6. The maximum Gasteiger partial charge on any atom is 0.325 e. The SMILES string of the molecule is C=CC(c1ccc(Cl)cc1)C(C(=O)OCC)S(C)(=O)=O. The molecule has 0 radical (unpaired) electrons. The molecular weight excluding hydrogens is 300 g/mol. The number of carbonyl (C=O) groups excluding carboxylic acids is 1. The number of allylic oxidation sites excluding steroid dienone is 1. The minimum absolute atomic E-state index is 0.120. The van der Waals surface area contributed by atoms with Crippen molar-refractivity contribution in [1.82, 2.24) is 0 Å². The quantitative estimate of drug-likeness (QED) is 0.598. The Morgan fingerprint density at radius 3 is 2.35 bits per heavy atom. The van der Waals surface area contributed by atoms with Gasteiger partial charge in [-0.25, -0.2) is 8.42 Å². The third kappa shape index (κ3) is 4.08. The second-order valence-corrected chi connectivity index (χ2v) is 6.92. The second kappa shape index (κ2) is 6.90. The Balaban J connectivity index is 3.25. The fourth-order valence-electron chi connectivity index (χ4n) is 1.93. The molecule has 2 unspecified atom stereocenters. The zero-order valence-corrected chi connectivity index (χ0v) is 12.9. The van der Waals surface area contributed by atoms with Crippen molar-refractivity contribution in [3.05, 3.63) is 47.5 Å². The Bertz CT molecular complexity index is 578. The van der Waals surface area contributed by atoms with Crippen molar-refractivity contribution in [2.75, 3.05) is 12.9 Å². The van der Waals surface area contributed by atoms with Crippen LogP contribution in [0.15, 0.2) is 36.9 Å². The van der Waals surface area contributed by atoms with E-state index in [1.807, 2.05) is 0 Å². The van der Waals surface area contributed by atoms with Crippen molar-refractivity contribution in [2.45, 2.75) is 18.1 Å². The predicted molar refractivity (Wildman–Crippen MR) is 79.7 cm³/mol. The van der Waals surface area contributed by atoms with Crippen molar-refractivity contribution in [1.29, 1.82) is 0 Å². The van der Waals surface area contributed by atoms with Crippen LogP contribution < -0.4 is 0 Å². The molecule has 0 saturated carbocycles. The average molecular weight is 317 g/mol. The first-order valence-corrected chi connectivity index (χ1v) is 8.38. The van der Waals surface area contributed by atoms with E-state index in [1.54, 1.807) is 31.2 Å². The van der Waals surface area contributed by atoms with E-state index >= 15 is 0 Å². The molecule has 1 aromatic carbocycles. The van der Waals surface area contributed by atoms with E-state index in [0.29, 0.717) is 10.6 Å². The lowest BCUT2D eigenvalue weighted by molar-refractivity contribution is -0.142. The van der Waals surface area contributed by atoms with Gasteiger partial charge in [-0.3, -0.25) is 4.79 Å². The number of carbonyl (C=O) groups is 1. The maximum atomic E-state index is 12.0. The summed E-state index contributed by atoms with van der Waals surface area (Å²) < 4.78 is 28.7. The Hall–Kier alpha value is -1.33. The van der Waals surface area contributed by atoms with Gasteiger partial charge in [-0.15, -0.1) is 6.58 Å². The van der Waals surface area contributed by atoms with E-state index in [2.05, 4.69) is 6.58 Å². The number of esters is 1. The highest BCUT2D eigenvalue weighted by atomic mass is 35.5. The molecular formula is C14H17ClO4S. The average Bonchev–Trinajstić information content (AvgIpc) is 2.35. The van der Waals surface area contributed by atoms with Crippen LogP contribution in [0.4, 0.5) is 0 Å². The van der Waals surface area contributed by atoms with Gasteiger partial charge in [0.2, 0.25) is 0 Å². The zero-order valence-electron chi connectivity index (χ0n) is 11.4. The minimum atomic E-state index is -3.63. The highest BCUT2D eigenvalue weighted by molar-refractivity contribution is 7.92. The second-order valence-electron chi connectivity index (χ2n) is 4.32. The number of sulfone groups is 1. The Labute approximate surface area is 124 Å². The molecule has 0 heterocycles. The molecule has 20 heavy (non-hydrogen) atoms. The van der Waals surface area contributed by atoms with Crippen molar-refractivity contribution >= 4 is 27.4 Å². The van der Waals surface area contributed by atoms with E-state index in [-0.39, 0.29) is 6.61 Å². The van der Waals surface area contributed by atoms with Crippen LogP contribution in [0.2, 0.25) is 5.02 Å². The van der Waals surface area contributed by atoms with Crippen LogP contribution >= 0.6 is 11.6 Å². The van der Waals surface area contributed by atoms with Gasteiger partial charge in [0.1, 0.15) is 0 Å². The molecule has 4 nitrogen and oxygen atoms in total. The lowest BCUT2D eigenvalue weighted by Gasteiger charge is -2.21. The largest absolute Gasteiger partial charge is 0.465 e. The van der Waals surface area contributed by atoms with E-state index < -0.39 is 27.0 Å². The smallest absolute Gasteiger partial charge is 0.325 e. The third-order valence-electron chi connectivity index (χ3n) is 2.82. The monoisotopic (exact) mass is 316 g/mol. The van der Waals surface area contributed by atoms with Gasteiger partial charge in [0.25, 0.3) is 0 Å². The number of halogens is 1. The molecule has 6 heteroatoms. The third-order valence-corrected chi connectivity index (χ3v) is 4.48. The fourth-order valence-corrected chi connectivity index (χ4v) is 3.28. The molecule has 0 aliphatic carbocycles. The molecule has 2 atom stereocenters. The van der Waals surface area contributed by atoms with Crippen LogP contribution in [0.25, 0.3) is 0 Å². The maximum absolute atomic E-state index is 12.0. The van der Waals surface area contributed by atoms with Crippen LogP contribution in [-0.2, 0) is 19.4 Å². The molecule has 0 amide bonds. The minimum Gasteiger partial charge on any atom is -0.465 e. The van der Waals surface area contributed by atoms with Gasteiger partial charge in [0.05, 0.1) is 6.61 Å². The topological polar surface area (TPSA) is 60.4 Å². The molecule has 0 bridgehead atoms. The molecule has 1 rings (SSSR count). The molecule has 0 spiro atoms. The van der Waals surface area contributed by atoms with Crippen LogP contribution in [0, 0.1) is 0 Å². The van der Waals surface area contributed by atoms with Crippen molar-refractivity contribution in [3.8, 4) is 0 Å². The number of ether oxygens (including phenoxy) is 1. The van der Waals surface area contributed by atoms with Gasteiger partial charge in [-0.05, 0) is 24.6 Å². The van der Waals surface area contributed by atoms with Gasteiger partial charge >= 0.3 is 5.97 Å². The normalized spacial score (nSPS) is 14.3. The van der Waals surface area contributed by atoms with Crippen molar-refractivity contribution < 1.29 is 17.9 Å². The Morgan fingerprint density at radius 1 is 1.40 bits per heavy atom. The van der Waals surface area contributed by atoms with Crippen LogP contribution in [0.1, 0.15) is 18.4 Å².